The van der Waals surface area contributed by atoms with E-state index in [4.69, 9.17) is 9.94 Å². The van der Waals surface area contributed by atoms with Crippen molar-refractivity contribution in [2.24, 2.45) is 39.2 Å². The van der Waals surface area contributed by atoms with Gasteiger partial charge in [0, 0.05) is 17.4 Å². The second kappa shape index (κ2) is 10.8. The number of aliphatic hydroxyl groups excluding tert-OH is 3. The van der Waals surface area contributed by atoms with Gasteiger partial charge in [-0.05, 0) is 74.2 Å². The topological polar surface area (TPSA) is 186 Å². The van der Waals surface area contributed by atoms with Crippen LogP contribution < -0.4 is 5.32 Å². The van der Waals surface area contributed by atoms with Gasteiger partial charge in [0.05, 0.1) is 11.8 Å². The number of carboxylic acid groups (broad SMARTS) is 1. The van der Waals surface area contributed by atoms with Crippen molar-refractivity contribution in [3.05, 3.63) is 11.6 Å². The average molecular weight is 565 g/mol. The first-order valence-electron chi connectivity index (χ1n) is 14.2. The van der Waals surface area contributed by atoms with Crippen LogP contribution in [-0.2, 0) is 19.2 Å². The van der Waals surface area contributed by atoms with Crippen LogP contribution in [0.2, 0.25) is 0 Å². The lowest BCUT2D eigenvalue weighted by Gasteiger charge is -2.60. The number of nitrogens with zero attached hydrogens (tertiary/aromatic N) is 1. The van der Waals surface area contributed by atoms with Gasteiger partial charge in [-0.2, -0.15) is 0 Å². The van der Waals surface area contributed by atoms with Gasteiger partial charge in [-0.15, -0.1) is 0 Å². The summed E-state index contributed by atoms with van der Waals surface area (Å²) in [7, 11) is 0. The number of aliphatic hydroxyl groups is 4. The molecule has 3 fully saturated rings. The van der Waals surface area contributed by atoms with Crippen LogP contribution in [0, 0.1) is 34.0 Å². The summed E-state index contributed by atoms with van der Waals surface area (Å²) < 4.78 is 0. The predicted octanol–water partition coefficient (Wildman–Crippen LogP) is 1.17. The van der Waals surface area contributed by atoms with Crippen molar-refractivity contribution >= 4 is 23.4 Å². The van der Waals surface area contributed by atoms with E-state index in [-0.39, 0.29) is 36.3 Å². The van der Waals surface area contributed by atoms with Gasteiger partial charge in [-0.25, -0.2) is 4.79 Å². The number of ketones is 1. The monoisotopic (exact) mass is 564 g/mol. The van der Waals surface area contributed by atoms with Crippen molar-refractivity contribution in [3.63, 3.8) is 0 Å². The van der Waals surface area contributed by atoms with Gasteiger partial charge in [0.25, 0.3) is 5.91 Å². The fourth-order valence-corrected chi connectivity index (χ4v) is 8.35. The van der Waals surface area contributed by atoms with Gasteiger partial charge in [-0.1, -0.05) is 38.4 Å². The van der Waals surface area contributed by atoms with Gasteiger partial charge < -0.3 is 35.7 Å². The Morgan fingerprint density at radius 2 is 1.90 bits per heavy atom. The number of rotatable bonds is 9. The number of carboxylic acids is 1. The Labute approximate surface area is 234 Å². The Hall–Kier alpha value is -2.34. The normalized spacial score (nSPS) is 38.9. The fourth-order valence-electron chi connectivity index (χ4n) is 8.35. The van der Waals surface area contributed by atoms with Crippen LogP contribution in [0.5, 0.6) is 0 Å². The molecular weight excluding hydrogens is 520 g/mol. The molecule has 11 heteroatoms. The van der Waals surface area contributed by atoms with Crippen LogP contribution in [0.4, 0.5) is 0 Å². The molecule has 0 aromatic rings. The number of oxime groups is 1. The lowest BCUT2D eigenvalue weighted by atomic mass is 9.45. The third-order valence-corrected chi connectivity index (χ3v) is 10.8. The van der Waals surface area contributed by atoms with Gasteiger partial charge in [0.15, 0.2) is 18.5 Å². The van der Waals surface area contributed by atoms with Crippen molar-refractivity contribution in [1.29, 1.82) is 0 Å². The van der Waals surface area contributed by atoms with Crippen LogP contribution in [0.25, 0.3) is 0 Å². The SMILES string of the molecule is CC(C)(CNC(=O)CO/N=C1\C=C2CC[C@@H]3[C@H]([C@H](O)C[C@@]4(C)[C@H]3CC[C@]4(O)C(=O)CO)[C@@]2(C)CC1)[C@@H](O)C(=O)O. The molecule has 0 aromatic carbocycles. The predicted molar refractivity (Wildman–Crippen MR) is 144 cm³/mol. The molecule has 8 atom stereocenters. The van der Waals surface area contributed by atoms with Crippen LogP contribution in [-0.4, -0.2) is 86.5 Å². The molecule has 4 aliphatic rings. The molecule has 1 amide bonds. The first-order valence-corrected chi connectivity index (χ1v) is 14.2. The number of carbonyl (C=O) groups excluding carboxylic acids is 2. The van der Waals surface area contributed by atoms with E-state index in [2.05, 4.69) is 17.4 Å². The van der Waals surface area contributed by atoms with Crippen molar-refractivity contribution < 1.29 is 44.8 Å². The van der Waals surface area contributed by atoms with E-state index in [1.807, 2.05) is 13.0 Å². The minimum atomic E-state index is -1.62. The first-order chi connectivity index (χ1) is 18.6. The Bertz CT molecular complexity index is 1100. The molecule has 224 valence electrons. The highest BCUT2D eigenvalue weighted by atomic mass is 16.6. The Balaban J connectivity index is 1.41. The maximum Gasteiger partial charge on any atom is 0.333 e. The molecule has 0 spiro atoms. The standard InChI is InChI=1S/C29H44N2O9/c1-26(2,24(36)25(37)38)15-30-22(35)14-40-31-17-7-9-27(3)16(11-17)5-6-18-19-8-10-29(39,21(34)13-32)28(19,4)12-20(33)23(18)27/h11,18-20,23-24,32-33,36,39H,5-10,12-15H2,1-4H3,(H,30,35)(H,37,38)/b31-17-/t18-,19-,20+,23+,24-,27-,28-,29-/m0/s1. The summed E-state index contributed by atoms with van der Waals surface area (Å²) in [5, 5.41) is 57.9. The highest BCUT2D eigenvalue weighted by Crippen LogP contribution is 2.67. The summed E-state index contributed by atoms with van der Waals surface area (Å²) in [5.74, 6) is -2.18. The van der Waals surface area contributed by atoms with E-state index in [1.54, 1.807) is 13.8 Å². The fraction of sp³-hybridized carbons (Fsp3) is 0.793. The molecule has 4 aliphatic carbocycles. The van der Waals surface area contributed by atoms with Gasteiger partial charge >= 0.3 is 5.97 Å². The van der Waals surface area contributed by atoms with Gasteiger partial charge in [-0.3, -0.25) is 9.59 Å². The molecule has 0 aromatic heterocycles. The summed E-state index contributed by atoms with van der Waals surface area (Å²) in [6.07, 6.45) is 3.96. The molecular formula is C29H44N2O9. The number of fused-ring (bicyclic) bond motifs is 5. The van der Waals surface area contributed by atoms with Crippen LogP contribution in [0.1, 0.15) is 72.6 Å². The smallest absolute Gasteiger partial charge is 0.333 e. The van der Waals surface area contributed by atoms with E-state index in [9.17, 15) is 34.8 Å². The Kier molecular flexibility index (Phi) is 8.28. The van der Waals surface area contributed by atoms with Gasteiger partial charge in [0.2, 0.25) is 0 Å². The number of hydrogen-bond acceptors (Lipinski definition) is 9. The molecule has 0 heterocycles. The lowest BCUT2D eigenvalue weighted by Crippen LogP contribution is -2.62. The van der Waals surface area contributed by atoms with Crippen LogP contribution in [0.15, 0.2) is 16.8 Å². The zero-order valence-electron chi connectivity index (χ0n) is 23.9. The zero-order chi connectivity index (χ0) is 29.7. The van der Waals surface area contributed by atoms with Crippen LogP contribution in [0.3, 0.4) is 0 Å². The van der Waals surface area contributed by atoms with E-state index in [1.165, 1.54) is 5.57 Å². The molecule has 40 heavy (non-hydrogen) atoms. The molecule has 0 bridgehead atoms. The molecule has 0 unspecified atom stereocenters. The summed E-state index contributed by atoms with van der Waals surface area (Å²) in [6.45, 7) is 6.07. The maximum atomic E-state index is 12.6. The van der Waals surface area contributed by atoms with Crippen molar-refractivity contribution in [3.8, 4) is 0 Å². The molecule has 4 rings (SSSR count). The van der Waals surface area contributed by atoms with E-state index < -0.39 is 52.9 Å². The Morgan fingerprint density at radius 3 is 2.55 bits per heavy atom. The number of nitrogens with one attached hydrogen (secondary N) is 1. The quantitative estimate of drug-likeness (QED) is 0.224. The van der Waals surface area contributed by atoms with Crippen molar-refractivity contribution in [2.75, 3.05) is 19.8 Å². The number of allylic oxidation sites excluding steroid dienone is 2. The van der Waals surface area contributed by atoms with Crippen molar-refractivity contribution in [2.45, 2.75) is 90.4 Å². The van der Waals surface area contributed by atoms with Crippen molar-refractivity contribution in [1.82, 2.24) is 5.32 Å². The molecule has 0 radical (unpaired) electrons. The minimum absolute atomic E-state index is 0.0186. The maximum absolute atomic E-state index is 12.6. The highest BCUT2D eigenvalue weighted by Gasteiger charge is 2.68. The summed E-state index contributed by atoms with van der Waals surface area (Å²) in [4.78, 5) is 41.1. The minimum Gasteiger partial charge on any atom is -0.479 e. The first kappa shape index (κ1) is 30.6. The molecule has 6 N–H and O–H groups in total. The second-order valence-electron chi connectivity index (χ2n) is 13.5. The Morgan fingerprint density at radius 1 is 1.20 bits per heavy atom. The third kappa shape index (κ3) is 4.99. The lowest BCUT2D eigenvalue weighted by molar-refractivity contribution is -0.181. The average Bonchev–Trinajstić information content (AvgIpc) is 3.17. The summed E-state index contributed by atoms with van der Waals surface area (Å²) in [6, 6.07) is 0. The molecule has 0 saturated heterocycles. The highest BCUT2D eigenvalue weighted by molar-refractivity contribution is 5.96. The molecule has 0 aliphatic heterocycles. The third-order valence-electron chi connectivity index (χ3n) is 10.8. The van der Waals surface area contributed by atoms with Gasteiger partial charge in [0.1, 0.15) is 12.2 Å². The summed E-state index contributed by atoms with van der Waals surface area (Å²) >= 11 is 0. The molecule has 3 saturated carbocycles. The number of aliphatic carboxylic acids is 1. The van der Waals surface area contributed by atoms with E-state index in [0.717, 1.165) is 19.3 Å². The number of hydrogen-bond donors (Lipinski definition) is 6. The van der Waals surface area contributed by atoms with E-state index in [0.29, 0.717) is 31.4 Å². The zero-order valence-corrected chi connectivity index (χ0v) is 23.9. The largest absolute Gasteiger partial charge is 0.479 e. The van der Waals surface area contributed by atoms with Crippen LogP contribution >= 0.6 is 0 Å². The van der Waals surface area contributed by atoms with E-state index >= 15 is 0 Å². The summed E-state index contributed by atoms with van der Waals surface area (Å²) in [5.41, 5.74) is -1.83. The molecule has 11 nitrogen and oxygen atoms in total. The number of carbonyl (C=O) groups is 3. The number of amides is 1. The number of Topliss-reactive ketones (excluding diaryl/α,β-unsaturated/α-hetero) is 1. The second-order valence-corrected chi connectivity index (χ2v) is 13.5.